The number of hydrogen-bond acceptors (Lipinski definition) is 2. The van der Waals surface area contributed by atoms with Crippen LogP contribution in [0.25, 0.3) is 0 Å². The Kier molecular flexibility index (Phi) is 10.5. The molecule has 0 aromatic heterocycles. The van der Waals surface area contributed by atoms with Gasteiger partial charge in [-0.3, -0.25) is 4.79 Å². The third kappa shape index (κ3) is 10.5. The van der Waals surface area contributed by atoms with Crippen LogP contribution in [0, 0.1) is 11.8 Å². The molecule has 0 aliphatic rings. The van der Waals surface area contributed by atoms with Crippen LogP contribution < -0.4 is 5.73 Å². The van der Waals surface area contributed by atoms with Crippen LogP contribution in [0.2, 0.25) is 0 Å². The number of rotatable bonds is 11. The van der Waals surface area contributed by atoms with Crippen LogP contribution in [0.5, 0.6) is 0 Å². The maximum Gasteiger partial charge on any atom is 0.132 e. The molecular formula is C15H31NO. The minimum Gasteiger partial charge on any atom is -0.330 e. The molecule has 2 nitrogen and oxygen atoms in total. The van der Waals surface area contributed by atoms with Gasteiger partial charge in [0.05, 0.1) is 0 Å². The zero-order valence-corrected chi connectivity index (χ0v) is 12.0. The third-order valence-electron chi connectivity index (χ3n) is 3.34. The minimum absolute atomic E-state index is 0.448. The van der Waals surface area contributed by atoms with E-state index in [1.807, 2.05) is 0 Å². The summed E-state index contributed by atoms with van der Waals surface area (Å²) in [4.78, 5) is 11.7. The molecule has 0 heterocycles. The van der Waals surface area contributed by atoms with Crippen molar-refractivity contribution < 1.29 is 4.79 Å². The lowest BCUT2D eigenvalue weighted by Gasteiger charge is -2.14. The number of hydrogen-bond donors (Lipinski definition) is 1. The molecule has 17 heavy (non-hydrogen) atoms. The summed E-state index contributed by atoms with van der Waals surface area (Å²) in [7, 11) is 0. The van der Waals surface area contributed by atoms with Gasteiger partial charge in [-0.15, -0.1) is 0 Å². The van der Waals surface area contributed by atoms with Crippen LogP contribution in [0.1, 0.15) is 72.1 Å². The zero-order chi connectivity index (χ0) is 13.1. The van der Waals surface area contributed by atoms with Crippen molar-refractivity contribution >= 4 is 5.78 Å². The Hall–Kier alpha value is -0.370. The predicted octanol–water partition coefficient (Wildman–Crippen LogP) is 3.93. The number of carbonyl (C=O) groups is 1. The van der Waals surface area contributed by atoms with E-state index in [0.29, 0.717) is 17.6 Å². The van der Waals surface area contributed by atoms with Gasteiger partial charge in [0.15, 0.2) is 0 Å². The highest BCUT2D eigenvalue weighted by molar-refractivity contribution is 5.78. The molecule has 0 fully saturated rings. The Morgan fingerprint density at radius 2 is 1.76 bits per heavy atom. The van der Waals surface area contributed by atoms with Crippen molar-refractivity contribution in [3.05, 3.63) is 0 Å². The van der Waals surface area contributed by atoms with E-state index in [1.54, 1.807) is 0 Å². The minimum atomic E-state index is 0.448. The van der Waals surface area contributed by atoms with Crippen LogP contribution >= 0.6 is 0 Å². The molecule has 2 heteroatoms. The molecule has 0 saturated heterocycles. The Bertz CT molecular complexity index is 183. The first-order chi connectivity index (χ1) is 8.10. The van der Waals surface area contributed by atoms with E-state index in [9.17, 15) is 4.79 Å². The molecule has 0 saturated carbocycles. The average Bonchev–Trinajstić information content (AvgIpc) is 2.26. The van der Waals surface area contributed by atoms with Gasteiger partial charge in [-0.1, -0.05) is 40.0 Å². The highest BCUT2D eigenvalue weighted by atomic mass is 16.1. The van der Waals surface area contributed by atoms with E-state index in [4.69, 9.17) is 5.73 Å². The topological polar surface area (TPSA) is 43.1 Å². The van der Waals surface area contributed by atoms with Gasteiger partial charge in [0.2, 0.25) is 0 Å². The predicted molar refractivity (Wildman–Crippen MR) is 75.0 cm³/mol. The SMILES string of the molecule is CCCC(CCN)CCC(=O)CCCC(C)C. The van der Waals surface area contributed by atoms with Gasteiger partial charge >= 0.3 is 0 Å². The largest absolute Gasteiger partial charge is 0.330 e. The van der Waals surface area contributed by atoms with Crippen molar-refractivity contribution in [1.82, 2.24) is 0 Å². The molecule has 0 aromatic carbocycles. The fourth-order valence-corrected chi connectivity index (χ4v) is 2.27. The zero-order valence-electron chi connectivity index (χ0n) is 12.0. The van der Waals surface area contributed by atoms with Crippen LogP contribution in [0.4, 0.5) is 0 Å². The van der Waals surface area contributed by atoms with Gasteiger partial charge in [-0.2, -0.15) is 0 Å². The first kappa shape index (κ1) is 16.6. The summed E-state index contributed by atoms with van der Waals surface area (Å²) < 4.78 is 0. The van der Waals surface area contributed by atoms with Crippen LogP contribution in [0.3, 0.4) is 0 Å². The number of carbonyl (C=O) groups excluding carboxylic acids is 1. The third-order valence-corrected chi connectivity index (χ3v) is 3.34. The summed E-state index contributed by atoms with van der Waals surface area (Å²) >= 11 is 0. The molecular weight excluding hydrogens is 210 g/mol. The molecule has 0 spiro atoms. The second-order valence-corrected chi connectivity index (χ2v) is 5.60. The quantitative estimate of drug-likeness (QED) is 0.595. The van der Waals surface area contributed by atoms with Crippen molar-refractivity contribution in [2.45, 2.75) is 72.1 Å². The number of Topliss-reactive ketones (excluding diaryl/α,β-unsaturated/α-hetero) is 1. The number of ketones is 1. The second kappa shape index (κ2) is 10.8. The molecule has 0 radical (unpaired) electrons. The van der Waals surface area contributed by atoms with Gasteiger partial charge in [0.1, 0.15) is 5.78 Å². The van der Waals surface area contributed by atoms with Gasteiger partial charge in [0.25, 0.3) is 0 Å². The summed E-state index contributed by atoms with van der Waals surface area (Å²) in [6, 6.07) is 0. The first-order valence-electron chi connectivity index (χ1n) is 7.31. The highest BCUT2D eigenvalue weighted by Gasteiger charge is 2.10. The number of nitrogens with two attached hydrogens (primary N) is 1. The molecule has 1 unspecified atom stereocenters. The van der Waals surface area contributed by atoms with E-state index in [2.05, 4.69) is 20.8 Å². The normalized spacial score (nSPS) is 13.0. The van der Waals surface area contributed by atoms with Gasteiger partial charge in [-0.25, -0.2) is 0 Å². The fourth-order valence-electron chi connectivity index (χ4n) is 2.27. The monoisotopic (exact) mass is 241 g/mol. The summed E-state index contributed by atoms with van der Waals surface area (Å²) in [6.45, 7) is 7.38. The summed E-state index contributed by atoms with van der Waals surface area (Å²) in [5.41, 5.74) is 5.59. The fraction of sp³-hybridized carbons (Fsp3) is 0.933. The Labute approximate surface area is 107 Å². The van der Waals surface area contributed by atoms with Crippen molar-refractivity contribution in [2.75, 3.05) is 6.54 Å². The lowest BCUT2D eigenvalue weighted by Crippen LogP contribution is -2.11. The second-order valence-electron chi connectivity index (χ2n) is 5.60. The highest BCUT2D eigenvalue weighted by Crippen LogP contribution is 2.18. The molecule has 0 aliphatic heterocycles. The van der Waals surface area contributed by atoms with Crippen LogP contribution in [0.15, 0.2) is 0 Å². The molecule has 102 valence electrons. The Morgan fingerprint density at radius 3 is 2.29 bits per heavy atom. The standard InChI is InChI=1S/C15H31NO/c1-4-6-14(11-12-16)9-10-15(17)8-5-7-13(2)3/h13-14H,4-12,16H2,1-3H3. The molecule has 0 amide bonds. The molecule has 0 aromatic rings. The van der Waals surface area contributed by atoms with Crippen molar-refractivity contribution in [1.29, 1.82) is 0 Å². The Morgan fingerprint density at radius 1 is 1.06 bits per heavy atom. The molecule has 2 N–H and O–H groups in total. The molecule has 1 atom stereocenters. The maximum atomic E-state index is 11.7. The van der Waals surface area contributed by atoms with Crippen LogP contribution in [-0.4, -0.2) is 12.3 Å². The first-order valence-corrected chi connectivity index (χ1v) is 7.31. The summed E-state index contributed by atoms with van der Waals surface area (Å²) in [5, 5.41) is 0. The molecule has 0 bridgehead atoms. The lowest BCUT2D eigenvalue weighted by atomic mass is 9.92. The van der Waals surface area contributed by atoms with Crippen molar-refractivity contribution in [3.8, 4) is 0 Å². The van der Waals surface area contributed by atoms with Gasteiger partial charge in [-0.05, 0) is 37.6 Å². The van der Waals surface area contributed by atoms with E-state index in [-0.39, 0.29) is 0 Å². The smallest absolute Gasteiger partial charge is 0.132 e. The summed E-state index contributed by atoms with van der Waals surface area (Å²) in [5.74, 6) is 1.83. The van der Waals surface area contributed by atoms with E-state index < -0.39 is 0 Å². The van der Waals surface area contributed by atoms with Gasteiger partial charge in [0, 0.05) is 12.8 Å². The maximum absolute atomic E-state index is 11.7. The Balaban J connectivity index is 3.64. The molecule has 0 aliphatic carbocycles. The van der Waals surface area contributed by atoms with Crippen LogP contribution in [-0.2, 0) is 4.79 Å². The summed E-state index contributed by atoms with van der Waals surface area (Å²) in [6.07, 6.45) is 8.32. The average molecular weight is 241 g/mol. The lowest BCUT2D eigenvalue weighted by molar-refractivity contribution is -0.119. The van der Waals surface area contributed by atoms with E-state index in [1.165, 1.54) is 19.3 Å². The van der Waals surface area contributed by atoms with Gasteiger partial charge < -0.3 is 5.73 Å². The molecule has 0 rings (SSSR count). The van der Waals surface area contributed by atoms with Crippen molar-refractivity contribution in [3.63, 3.8) is 0 Å². The van der Waals surface area contributed by atoms with E-state index in [0.717, 1.165) is 38.6 Å². The van der Waals surface area contributed by atoms with E-state index >= 15 is 0 Å². The van der Waals surface area contributed by atoms with Crippen molar-refractivity contribution in [2.24, 2.45) is 17.6 Å².